The highest BCUT2D eigenvalue weighted by Gasteiger charge is 2.47. The molecule has 0 spiro atoms. The summed E-state index contributed by atoms with van der Waals surface area (Å²) in [5.41, 5.74) is 1.46. The largest absolute Gasteiger partial charge is 0.315 e. The molecule has 1 saturated heterocycles. The first-order valence-corrected chi connectivity index (χ1v) is 12.3. The molecule has 2 aliphatic heterocycles. The van der Waals surface area contributed by atoms with Crippen molar-refractivity contribution in [1.82, 2.24) is 0 Å². The van der Waals surface area contributed by atoms with Crippen LogP contribution in [0.1, 0.15) is 5.56 Å². The van der Waals surface area contributed by atoms with Gasteiger partial charge in [-0.25, -0.2) is 12.8 Å². The van der Waals surface area contributed by atoms with Crippen LogP contribution in [0.25, 0.3) is 0 Å². The maximum absolute atomic E-state index is 13.3. The third kappa shape index (κ3) is 4.14. The Hall–Kier alpha value is -0.990. The molecule has 4 rings (SSSR count). The number of rotatable bonds is 3. The molecule has 2 aliphatic rings. The van der Waals surface area contributed by atoms with Gasteiger partial charge in [-0.05, 0) is 35.9 Å². The number of sulfone groups is 1. The number of aliphatic imine (C=N–C) groups is 1. The van der Waals surface area contributed by atoms with Crippen molar-refractivity contribution in [3.8, 4) is 0 Å². The lowest BCUT2D eigenvalue weighted by Crippen LogP contribution is -2.39. The second kappa shape index (κ2) is 7.69. The smallest absolute Gasteiger partial charge is 0.164 e. The molecule has 28 heavy (non-hydrogen) atoms. The lowest BCUT2D eigenvalue weighted by molar-refractivity contribution is 0.601. The normalized spacial score (nSPS) is 23.0. The Kier molecular flexibility index (Phi) is 5.57. The molecule has 2 aromatic rings. The molecule has 0 aromatic heterocycles. The van der Waals surface area contributed by atoms with Gasteiger partial charge in [-0.15, -0.1) is 0 Å². The average molecular weight is 480 g/mol. The first-order chi connectivity index (χ1) is 13.2. The van der Waals surface area contributed by atoms with Gasteiger partial charge in [-0.1, -0.05) is 52.6 Å². The molecule has 4 nitrogen and oxygen atoms in total. The van der Waals surface area contributed by atoms with Gasteiger partial charge in [-0.2, -0.15) is 0 Å². The predicted octanol–water partition coefficient (Wildman–Crippen LogP) is 5.06. The molecule has 0 aliphatic carbocycles. The summed E-state index contributed by atoms with van der Waals surface area (Å²) in [4.78, 5) is 6.53. The summed E-state index contributed by atoms with van der Waals surface area (Å²) in [6.45, 7) is 0. The van der Waals surface area contributed by atoms with E-state index in [2.05, 4.69) is 4.99 Å². The number of anilines is 1. The van der Waals surface area contributed by atoms with Gasteiger partial charge in [-0.3, -0.25) is 4.99 Å². The zero-order valence-electron chi connectivity index (χ0n) is 14.3. The van der Waals surface area contributed by atoms with E-state index in [9.17, 15) is 12.8 Å². The van der Waals surface area contributed by atoms with Crippen LogP contribution >= 0.6 is 46.6 Å². The lowest BCUT2D eigenvalue weighted by Gasteiger charge is -2.27. The van der Waals surface area contributed by atoms with Crippen molar-refractivity contribution in [1.29, 1.82) is 0 Å². The van der Waals surface area contributed by atoms with Crippen LogP contribution in [0, 0.1) is 5.82 Å². The molecular formula is C18H14Cl3FN2O2S2. The molecule has 0 amide bonds. The molecular weight excluding hydrogens is 466 g/mol. The molecule has 2 heterocycles. The summed E-state index contributed by atoms with van der Waals surface area (Å²) >= 11 is 19.8. The van der Waals surface area contributed by atoms with Crippen molar-refractivity contribution in [3.63, 3.8) is 0 Å². The zero-order valence-corrected chi connectivity index (χ0v) is 18.2. The number of nitrogens with zero attached hydrogens (tertiary/aromatic N) is 2. The number of thioether (sulfide) groups is 1. The van der Waals surface area contributed by atoms with E-state index in [1.54, 1.807) is 24.3 Å². The van der Waals surface area contributed by atoms with E-state index in [0.29, 0.717) is 31.7 Å². The summed E-state index contributed by atoms with van der Waals surface area (Å²) in [5, 5.41) is 1.92. The first kappa shape index (κ1) is 20.3. The number of halogens is 4. The van der Waals surface area contributed by atoms with Gasteiger partial charge in [0.25, 0.3) is 0 Å². The molecule has 0 N–H and O–H groups in total. The lowest BCUT2D eigenvalue weighted by atomic mass is 10.1. The van der Waals surface area contributed by atoms with Gasteiger partial charge < -0.3 is 4.90 Å². The Morgan fingerprint density at radius 2 is 1.82 bits per heavy atom. The van der Waals surface area contributed by atoms with E-state index in [-0.39, 0.29) is 23.6 Å². The maximum atomic E-state index is 13.3. The Morgan fingerprint density at radius 3 is 2.50 bits per heavy atom. The Bertz CT molecular complexity index is 1060. The van der Waals surface area contributed by atoms with Crippen LogP contribution in [0.4, 0.5) is 10.1 Å². The van der Waals surface area contributed by atoms with Crippen LogP contribution in [0.5, 0.6) is 0 Å². The summed E-state index contributed by atoms with van der Waals surface area (Å²) in [6.07, 6.45) is 0. The number of benzene rings is 2. The molecule has 0 radical (unpaired) electrons. The van der Waals surface area contributed by atoms with Crippen molar-refractivity contribution in [3.05, 3.63) is 62.8 Å². The monoisotopic (exact) mass is 478 g/mol. The van der Waals surface area contributed by atoms with Gasteiger partial charge in [0.05, 0.1) is 23.6 Å². The van der Waals surface area contributed by atoms with Crippen molar-refractivity contribution in [2.75, 3.05) is 16.4 Å². The SMILES string of the molecule is O=S1(=O)C[C@@H]2N=C(SCc3ccc(F)cc3Cl)N(c3cc(Cl)cc(Cl)c3)[C@H]2C1. The highest BCUT2D eigenvalue weighted by Crippen LogP contribution is 2.38. The second-order valence-electron chi connectivity index (χ2n) is 6.65. The van der Waals surface area contributed by atoms with E-state index in [0.717, 1.165) is 5.56 Å². The fraction of sp³-hybridized carbons (Fsp3) is 0.278. The minimum Gasteiger partial charge on any atom is -0.315 e. The predicted molar refractivity (Wildman–Crippen MR) is 115 cm³/mol. The standard InChI is InChI=1S/C18H14Cl3FN2O2S2/c19-11-3-12(20)5-14(4-11)24-17-9-28(25,26)8-16(17)23-18(24)27-7-10-1-2-13(22)6-15(10)21/h1-6,16-17H,7-9H2/t16-,17-/m0/s1. The molecule has 0 saturated carbocycles. The Balaban J connectivity index is 1.65. The number of amidine groups is 1. The van der Waals surface area contributed by atoms with E-state index >= 15 is 0 Å². The number of fused-ring (bicyclic) bond motifs is 1. The third-order valence-electron chi connectivity index (χ3n) is 4.60. The van der Waals surface area contributed by atoms with E-state index < -0.39 is 15.7 Å². The maximum Gasteiger partial charge on any atom is 0.164 e. The topological polar surface area (TPSA) is 49.7 Å². The quantitative estimate of drug-likeness (QED) is 0.617. The van der Waals surface area contributed by atoms with Crippen LogP contribution in [0.15, 0.2) is 41.4 Å². The molecule has 0 unspecified atom stereocenters. The van der Waals surface area contributed by atoms with E-state index in [1.165, 1.54) is 23.9 Å². The van der Waals surface area contributed by atoms with Crippen molar-refractivity contribution >= 4 is 67.3 Å². The number of hydrogen-bond donors (Lipinski definition) is 0. The molecule has 2 atom stereocenters. The Morgan fingerprint density at radius 1 is 1.11 bits per heavy atom. The van der Waals surface area contributed by atoms with Crippen LogP contribution in [-0.4, -0.2) is 37.2 Å². The van der Waals surface area contributed by atoms with Crippen molar-refractivity contribution < 1.29 is 12.8 Å². The summed E-state index contributed by atoms with van der Waals surface area (Å²) in [5.74, 6) is 0.109. The fourth-order valence-electron chi connectivity index (χ4n) is 3.39. The minimum absolute atomic E-state index is 0.0177. The number of hydrogen-bond acceptors (Lipinski definition) is 5. The molecule has 0 bridgehead atoms. The minimum atomic E-state index is -3.16. The van der Waals surface area contributed by atoms with Crippen molar-refractivity contribution in [2.24, 2.45) is 4.99 Å². The van der Waals surface area contributed by atoms with Gasteiger partial charge in [0, 0.05) is 26.5 Å². The fourth-order valence-corrected chi connectivity index (χ4v) is 7.19. The third-order valence-corrected chi connectivity index (χ3v) is 8.11. The highest BCUT2D eigenvalue weighted by atomic mass is 35.5. The molecule has 148 valence electrons. The van der Waals surface area contributed by atoms with Crippen molar-refractivity contribution in [2.45, 2.75) is 17.8 Å². The van der Waals surface area contributed by atoms with Gasteiger partial charge >= 0.3 is 0 Å². The molecule has 1 fully saturated rings. The Labute approximate surface area is 181 Å². The second-order valence-corrected chi connectivity index (χ2v) is 11.0. The van der Waals surface area contributed by atoms with E-state index in [4.69, 9.17) is 34.8 Å². The highest BCUT2D eigenvalue weighted by molar-refractivity contribution is 8.13. The van der Waals surface area contributed by atoms with Crippen LogP contribution in [0.2, 0.25) is 15.1 Å². The van der Waals surface area contributed by atoms with E-state index in [1.807, 2.05) is 4.90 Å². The first-order valence-electron chi connectivity index (χ1n) is 8.32. The van der Waals surface area contributed by atoms with Crippen LogP contribution in [-0.2, 0) is 15.6 Å². The van der Waals surface area contributed by atoms with Crippen LogP contribution in [0.3, 0.4) is 0 Å². The van der Waals surface area contributed by atoms with Gasteiger partial charge in [0.15, 0.2) is 15.0 Å². The van der Waals surface area contributed by atoms with Gasteiger partial charge in [0.1, 0.15) is 5.82 Å². The molecule has 10 heteroatoms. The summed E-state index contributed by atoms with van der Waals surface area (Å²) in [6, 6.07) is 8.71. The average Bonchev–Trinajstić information content (AvgIpc) is 3.04. The summed E-state index contributed by atoms with van der Waals surface area (Å²) in [7, 11) is -3.16. The summed E-state index contributed by atoms with van der Waals surface area (Å²) < 4.78 is 37.5. The zero-order chi connectivity index (χ0) is 20.1. The van der Waals surface area contributed by atoms with Crippen LogP contribution < -0.4 is 4.90 Å². The molecule has 2 aromatic carbocycles. The van der Waals surface area contributed by atoms with Gasteiger partial charge in [0.2, 0.25) is 0 Å².